The lowest BCUT2D eigenvalue weighted by molar-refractivity contribution is -0.0494. The maximum atomic E-state index is 13.4. The molecule has 1 aliphatic heterocycles. The number of piperidine rings is 1. The summed E-state index contributed by atoms with van der Waals surface area (Å²) in [5.74, 6) is -2.38. The quantitative estimate of drug-likeness (QED) is 0.478. The summed E-state index contributed by atoms with van der Waals surface area (Å²) in [7, 11) is 0. The molecule has 5 rings (SSSR count). The maximum Gasteiger partial charge on any atom is 0.274 e. The monoisotopic (exact) mass is 445 g/mol. The average molecular weight is 445 g/mol. The molecule has 3 aromatic heterocycles. The molecule has 0 atom stereocenters. The molecule has 1 aliphatic rings. The van der Waals surface area contributed by atoms with Crippen molar-refractivity contribution in [3.63, 3.8) is 0 Å². The number of benzene rings is 1. The second-order valence-electron chi connectivity index (χ2n) is 6.84. The Bertz CT molecular complexity index is 1210. The van der Waals surface area contributed by atoms with Gasteiger partial charge in [0.1, 0.15) is 5.69 Å². The summed E-state index contributed by atoms with van der Waals surface area (Å²) in [6.07, 6.45) is 2.54. The summed E-state index contributed by atoms with van der Waals surface area (Å²) in [6.45, 7) is 4.08. The van der Waals surface area contributed by atoms with Crippen LogP contribution in [0.25, 0.3) is 21.3 Å². The molecule has 8 nitrogen and oxygen atoms in total. The normalized spacial score (nSPS) is 15.5. The predicted molar refractivity (Wildman–Crippen MR) is 116 cm³/mol. The Morgan fingerprint density at radius 1 is 1.19 bits per heavy atom. The van der Waals surface area contributed by atoms with Crippen LogP contribution in [-0.2, 0) is 0 Å². The van der Waals surface area contributed by atoms with Gasteiger partial charge in [0.25, 0.3) is 11.8 Å². The number of hydrogen-bond donors (Lipinski definition) is 2. The largest absolute Gasteiger partial charge is 0.339 e. The second kappa shape index (κ2) is 8.50. The zero-order valence-electron chi connectivity index (χ0n) is 17.0. The molecule has 0 bridgehead atoms. The van der Waals surface area contributed by atoms with Crippen LogP contribution in [0.4, 0.5) is 20.3 Å². The molecule has 162 valence electrons. The van der Waals surface area contributed by atoms with Gasteiger partial charge in [0.2, 0.25) is 5.65 Å². The minimum absolute atomic E-state index is 0.0401. The van der Waals surface area contributed by atoms with Crippen LogP contribution < -0.4 is 5.32 Å². The Balaban J connectivity index is 0.00000112. The summed E-state index contributed by atoms with van der Waals surface area (Å²) in [5, 5.41) is 10.9. The van der Waals surface area contributed by atoms with Gasteiger partial charge in [0.15, 0.2) is 11.3 Å². The highest BCUT2D eigenvalue weighted by molar-refractivity contribution is 7.13. The van der Waals surface area contributed by atoms with E-state index in [9.17, 15) is 13.6 Å². The van der Waals surface area contributed by atoms with Crippen molar-refractivity contribution in [2.45, 2.75) is 32.6 Å². The summed E-state index contributed by atoms with van der Waals surface area (Å²) in [5.41, 5.74) is 2.21. The first kappa shape index (κ1) is 21.0. The van der Waals surface area contributed by atoms with Crippen molar-refractivity contribution >= 4 is 50.2 Å². The van der Waals surface area contributed by atoms with Crippen LogP contribution in [0.2, 0.25) is 0 Å². The van der Waals surface area contributed by atoms with Crippen molar-refractivity contribution < 1.29 is 13.6 Å². The summed E-state index contributed by atoms with van der Waals surface area (Å²) in [4.78, 5) is 22.6. The molecule has 11 heteroatoms. The lowest BCUT2D eigenvalue weighted by Gasteiger charge is -2.31. The SMILES string of the molecule is CC.O=C(c1nsc2cc(Nc3[nH]nc4nccnc34)ccc12)N1CCC(F)(F)CC1. The Labute approximate surface area is 180 Å². The van der Waals surface area contributed by atoms with Crippen molar-refractivity contribution in [1.29, 1.82) is 0 Å². The molecule has 1 saturated heterocycles. The van der Waals surface area contributed by atoms with E-state index in [2.05, 4.69) is 29.9 Å². The number of halogens is 2. The molecular weight excluding hydrogens is 424 g/mol. The summed E-state index contributed by atoms with van der Waals surface area (Å²) in [6, 6.07) is 5.50. The number of amides is 1. The first-order valence-electron chi connectivity index (χ1n) is 9.99. The fourth-order valence-corrected chi connectivity index (χ4v) is 4.15. The molecule has 31 heavy (non-hydrogen) atoms. The number of likely N-dealkylation sites (tertiary alicyclic amines) is 1. The fraction of sp³-hybridized carbons (Fsp3) is 0.350. The van der Waals surface area contributed by atoms with E-state index < -0.39 is 5.92 Å². The van der Waals surface area contributed by atoms with Crippen LogP contribution in [-0.4, -0.2) is 54.4 Å². The molecule has 1 fully saturated rings. The Morgan fingerprint density at radius 3 is 2.71 bits per heavy atom. The summed E-state index contributed by atoms with van der Waals surface area (Å²) < 4.78 is 31.8. The van der Waals surface area contributed by atoms with Gasteiger partial charge in [-0.2, -0.15) is 9.47 Å². The predicted octanol–water partition coefficient (Wildman–Crippen LogP) is 4.60. The number of fused-ring (bicyclic) bond motifs is 2. The zero-order valence-corrected chi connectivity index (χ0v) is 17.8. The van der Waals surface area contributed by atoms with Crippen LogP contribution in [0.3, 0.4) is 0 Å². The van der Waals surface area contributed by atoms with Gasteiger partial charge >= 0.3 is 0 Å². The third-order valence-corrected chi connectivity index (χ3v) is 5.72. The number of carbonyl (C=O) groups excluding carboxylic acids is 1. The van der Waals surface area contributed by atoms with Crippen LogP contribution in [0, 0.1) is 0 Å². The van der Waals surface area contributed by atoms with E-state index in [-0.39, 0.29) is 31.8 Å². The van der Waals surface area contributed by atoms with Crippen LogP contribution in [0.15, 0.2) is 30.6 Å². The Hall–Kier alpha value is -3.21. The van der Waals surface area contributed by atoms with Crippen LogP contribution in [0.1, 0.15) is 37.2 Å². The van der Waals surface area contributed by atoms with Gasteiger partial charge in [-0.05, 0) is 29.7 Å². The topological polar surface area (TPSA) is 99.7 Å². The molecule has 4 heterocycles. The molecule has 0 aliphatic carbocycles. The van der Waals surface area contributed by atoms with Gasteiger partial charge in [-0.15, -0.1) is 0 Å². The number of nitrogens with zero attached hydrogens (tertiary/aromatic N) is 5. The van der Waals surface area contributed by atoms with Gasteiger partial charge in [0.05, 0.1) is 4.70 Å². The fourth-order valence-electron chi connectivity index (χ4n) is 3.34. The minimum Gasteiger partial charge on any atom is -0.339 e. The van der Waals surface area contributed by atoms with Gasteiger partial charge < -0.3 is 10.2 Å². The third-order valence-electron chi connectivity index (χ3n) is 4.92. The number of rotatable bonds is 3. The van der Waals surface area contributed by atoms with Gasteiger partial charge in [-0.25, -0.2) is 18.7 Å². The molecule has 1 amide bonds. The highest BCUT2D eigenvalue weighted by Gasteiger charge is 2.36. The molecule has 1 aromatic carbocycles. The van der Waals surface area contributed by atoms with Crippen molar-refractivity contribution in [1.82, 2.24) is 29.4 Å². The number of alkyl halides is 2. The lowest BCUT2D eigenvalue weighted by Crippen LogP contribution is -2.42. The van der Waals surface area contributed by atoms with Crippen molar-refractivity contribution in [3.05, 3.63) is 36.3 Å². The summed E-state index contributed by atoms with van der Waals surface area (Å²) >= 11 is 1.20. The third kappa shape index (κ3) is 4.18. The van der Waals surface area contributed by atoms with Crippen LogP contribution in [0.5, 0.6) is 0 Å². The number of nitrogens with one attached hydrogen (secondary N) is 2. The van der Waals surface area contributed by atoms with Crippen molar-refractivity contribution in [2.24, 2.45) is 0 Å². The number of aromatic nitrogens is 5. The van der Waals surface area contributed by atoms with Crippen molar-refractivity contribution in [2.75, 3.05) is 18.4 Å². The second-order valence-corrected chi connectivity index (χ2v) is 7.65. The van der Waals surface area contributed by atoms with E-state index in [1.54, 1.807) is 18.5 Å². The standard InChI is InChI=1S/C18H15F2N7OS.C2H6/c19-18(20)3-7-27(8-4-18)17(28)13-11-2-1-10(9-12(11)29-26-13)23-16-14-15(24-25-16)22-6-5-21-14;1-2/h1-2,5-6,9H,3-4,7-8H2,(H2,22,23,24,25);1-2H3. The van der Waals surface area contributed by atoms with E-state index in [4.69, 9.17) is 0 Å². The molecular formula is C20H21F2N7OS. The van der Waals surface area contributed by atoms with E-state index >= 15 is 0 Å². The van der Waals surface area contributed by atoms with E-state index in [0.29, 0.717) is 28.1 Å². The minimum atomic E-state index is -2.69. The molecule has 2 N–H and O–H groups in total. The molecule has 0 unspecified atom stereocenters. The number of anilines is 2. The van der Waals surface area contributed by atoms with Gasteiger partial charge in [-0.3, -0.25) is 9.89 Å². The molecule has 0 saturated carbocycles. The maximum absolute atomic E-state index is 13.4. The van der Waals surface area contributed by atoms with Crippen LogP contribution >= 0.6 is 11.5 Å². The van der Waals surface area contributed by atoms with Gasteiger partial charge in [0, 0.05) is 49.4 Å². The molecule has 0 radical (unpaired) electrons. The average Bonchev–Trinajstić information content (AvgIpc) is 3.39. The van der Waals surface area contributed by atoms with E-state index in [0.717, 1.165) is 10.4 Å². The van der Waals surface area contributed by atoms with Crippen molar-refractivity contribution in [3.8, 4) is 0 Å². The number of hydrogen-bond acceptors (Lipinski definition) is 7. The first-order valence-corrected chi connectivity index (χ1v) is 10.8. The number of aromatic amines is 1. The lowest BCUT2D eigenvalue weighted by atomic mass is 10.1. The number of H-pyrrole nitrogens is 1. The van der Waals surface area contributed by atoms with E-state index in [1.807, 2.05) is 26.0 Å². The van der Waals surface area contributed by atoms with E-state index in [1.165, 1.54) is 16.4 Å². The molecule has 0 spiro atoms. The number of carbonyl (C=O) groups is 1. The molecule has 4 aromatic rings. The zero-order chi connectivity index (χ0) is 22.0. The highest BCUT2D eigenvalue weighted by Crippen LogP contribution is 2.32. The Kier molecular flexibility index (Phi) is 5.77. The Morgan fingerprint density at radius 2 is 1.94 bits per heavy atom. The highest BCUT2D eigenvalue weighted by atomic mass is 32.1. The smallest absolute Gasteiger partial charge is 0.274 e. The first-order chi connectivity index (χ1) is 15.0. The van der Waals surface area contributed by atoms with Gasteiger partial charge in [-0.1, -0.05) is 13.8 Å².